The molecule has 2 unspecified atom stereocenters. The highest BCUT2D eigenvalue weighted by Crippen LogP contribution is 2.27. The molecule has 17 heavy (non-hydrogen) atoms. The number of hydrogen-bond acceptors (Lipinski definition) is 3. The monoisotopic (exact) mass is 277 g/mol. The SMILES string of the molecule is O=S(=O)(NCC1CCCC(Cl)C1)c1ccn[nH]1. The van der Waals surface area contributed by atoms with E-state index in [2.05, 4.69) is 14.9 Å². The predicted octanol–water partition coefficient (Wildman–Crippen LogP) is 1.49. The molecule has 0 bridgehead atoms. The fraction of sp³-hybridized carbons (Fsp3) is 0.700. The predicted molar refractivity (Wildman–Crippen MR) is 65.4 cm³/mol. The number of halogens is 1. The van der Waals surface area contributed by atoms with Gasteiger partial charge in [-0.05, 0) is 31.2 Å². The molecule has 0 aliphatic heterocycles. The van der Waals surface area contributed by atoms with Gasteiger partial charge < -0.3 is 0 Å². The molecule has 2 rings (SSSR count). The van der Waals surface area contributed by atoms with Crippen molar-refractivity contribution < 1.29 is 8.42 Å². The maximum Gasteiger partial charge on any atom is 0.257 e. The van der Waals surface area contributed by atoms with Gasteiger partial charge in [0.1, 0.15) is 0 Å². The lowest BCUT2D eigenvalue weighted by Crippen LogP contribution is -2.32. The minimum absolute atomic E-state index is 0.107. The summed E-state index contributed by atoms with van der Waals surface area (Å²) in [5.74, 6) is 0.337. The molecule has 0 radical (unpaired) electrons. The quantitative estimate of drug-likeness (QED) is 0.819. The molecular formula is C10H16ClN3O2S. The van der Waals surface area contributed by atoms with Crippen molar-refractivity contribution in [3.63, 3.8) is 0 Å². The van der Waals surface area contributed by atoms with Crippen molar-refractivity contribution in [1.29, 1.82) is 0 Å². The Kier molecular flexibility index (Phi) is 4.06. The van der Waals surface area contributed by atoms with Gasteiger partial charge in [0.25, 0.3) is 10.0 Å². The summed E-state index contributed by atoms with van der Waals surface area (Å²) in [6.07, 6.45) is 5.45. The van der Waals surface area contributed by atoms with E-state index in [1.54, 1.807) is 0 Å². The molecule has 0 saturated heterocycles. The zero-order chi connectivity index (χ0) is 12.3. The van der Waals surface area contributed by atoms with Crippen molar-refractivity contribution in [3.05, 3.63) is 12.3 Å². The molecule has 0 amide bonds. The second kappa shape index (κ2) is 5.37. The second-order valence-corrected chi connectivity index (χ2v) is 6.76. The van der Waals surface area contributed by atoms with E-state index in [0.717, 1.165) is 25.7 Å². The van der Waals surface area contributed by atoms with Crippen LogP contribution in [-0.4, -0.2) is 30.5 Å². The van der Waals surface area contributed by atoms with Gasteiger partial charge in [-0.3, -0.25) is 5.10 Å². The number of sulfonamides is 1. The lowest BCUT2D eigenvalue weighted by Gasteiger charge is -2.25. The van der Waals surface area contributed by atoms with Crippen LogP contribution in [-0.2, 0) is 10.0 Å². The summed E-state index contributed by atoms with van der Waals surface area (Å²) in [7, 11) is -3.44. The van der Waals surface area contributed by atoms with Crippen LogP contribution in [0.15, 0.2) is 17.3 Å². The van der Waals surface area contributed by atoms with Crippen LogP contribution in [0.2, 0.25) is 0 Å². The van der Waals surface area contributed by atoms with E-state index in [9.17, 15) is 8.42 Å². The minimum atomic E-state index is -3.44. The summed E-state index contributed by atoms with van der Waals surface area (Å²) in [5.41, 5.74) is 0. The number of H-pyrrole nitrogens is 1. The first kappa shape index (κ1) is 12.9. The highest BCUT2D eigenvalue weighted by Gasteiger charge is 2.23. The summed E-state index contributed by atoms with van der Waals surface area (Å²) < 4.78 is 26.2. The summed E-state index contributed by atoms with van der Waals surface area (Å²) >= 11 is 6.07. The van der Waals surface area contributed by atoms with Gasteiger partial charge in [-0.15, -0.1) is 11.6 Å². The van der Waals surface area contributed by atoms with E-state index >= 15 is 0 Å². The van der Waals surface area contributed by atoms with Gasteiger partial charge >= 0.3 is 0 Å². The summed E-state index contributed by atoms with van der Waals surface area (Å²) in [4.78, 5) is 0. The van der Waals surface area contributed by atoms with Crippen LogP contribution in [0.5, 0.6) is 0 Å². The molecule has 0 aromatic carbocycles. The lowest BCUT2D eigenvalue weighted by molar-refractivity contribution is 0.361. The van der Waals surface area contributed by atoms with Gasteiger partial charge in [0, 0.05) is 11.9 Å². The van der Waals surface area contributed by atoms with Crippen LogP contribution in [0.4, 0.5) is 0 Å². The Hall–Kier alpha value is -0.590. The zero-order valence-electron chi connectivity index (χ0n) is 9.39. The molecule has 2 N–H and O–H groups in total. The Morgan fingerprint density at radius 3 is 3.00 bits per heavy atom. The first-order valence-electron chi connectivity index (χ1n) is 5.71. The van der Waals surface area contributed by atoms with Crippen molar-refractivity contribution in [3.8, 4) is 0 Å². The van der Waals surface area contributed by atoms with Gasteiger partial charge in [-0.25, -0.2) is 13.1 Å². The van der Waals surface area contributed by atoms with E-state index < -0.39 is 10.0 Å². The van der Waals surface area contributed by atoms with Crippen LogP contribution < -0.4 is 4.72 Å². The van der Waals surface area contributed by atoms with Crippen molar-refractivity contribution in [2.75, 3.05) is 6.54 Å². The third-order valence-corrected chi connectivity index (χ3v) is 4.80. The molecule has 1 aromatic rings. The Morgan fingerprint density at radius 2 is 2.35 bits per heavy atom. The van der Waals surface area contributed by atoms with Crippen LogP contribution in [0, 0.1) is 5.92 Å². The molecule has 2 atom stereocenters. The fourth-order valence-corrected chi connectivity index (χ4v) is 3.54. The fourth-order valence-electron chi connectivity index (χ4n) is 2.11. The normalized spacial score (nSPS) is 25.9. The Balaban J connectivity index is 1.89. The third kappa shape index (κ3) is 3.43. The standard InChI is InChI=1S/C10H16ClN3O2S/c11-9-3-1-2-8(6-9)7-13-17(15,16)10-4-5-12-14-10/h4-5,8-9,13H,1-3,6-7H2,(H,12,14). The topological polar surface area (TPSA) is 74.8 Å². The first-order valence-corrected chi connectivity index (χ1v) is 7.63. The van der Waals surface area contributed by atoms with Crippen molar-refractivity contribution >= 4 is 21.6 Å². The average molecular weight is 278 g/mol. The third-order valence-electron chi connectivity index (χ3n) is 3.05. The Bertz CT molecular complexity index is 446. The van der Waals surface area contributed by atoms with E-state index in [4.69, 9.17) is 11.6 Å². The molecule has 1 aromatic heterocycles. The molecule has 1 aliphatic carbocycles. The van der Waals surface area contributed by atoms with E-state index in [1.807, 2.05) is 0 Å². The Morgan fingerprint density at radius 1 is 1.53 bits per heavy atom. The molecule has 5 nitrogen and oxygen atoms in total. The minimum Gasteiger partial charge on any atom is -0.266 e. The number of hydrogen-bond donors (Lipinski definition) is 2. The molecule has 7 heteroatoms. The van der Waals surface area contributed by atoms with E-state index in [0.29, 0.717) is 12.5 Å². The first-order chi connectivity index (χ1) is 8.08. The summed E-state index contributed by atoms with van der Waals surface area (Å²) in [6.45, 7) is 0.449. The maximum absolute atomic E-state index is 11.8. The molecule has 1 saturated carbocycles. The smallest absolute Gasteiger partial charge is 0.257 e. The molecule has 0 spiro atoms. The summed E-state index contributed by atoms with van der Waals surface area (Å²) in [6, 6.07) is 1.44. The molecule has 96 valence electrons. The molecule has 1 heterocycles. The van der Waals surface area contributed by atoms with Crippen molar-refractivity contribution in [2.45, 2.75) is 36.1 Å². The van der Waals surface area contributed by atoms with Crippen LogP contribution in [0.25, 0.3) is 0 Å². The van der Waals surface area contributed by atoms with Crippen molar-refractivity contribution in [1.82, 2.24) is 14.9 Å². The summed E-state index contributed by atoms with van der Waals surface area (Å²) in [5, 5.41) is 6.37. The van der Waals surface area contributed by atoms with Gasteiger partial charge in [0.2, 0.25) is 0 Å². The zero-order valence-corrected chi connectivity index (χ0v) is 11.0. The van der Waals surface area contributed by atoms with E-state index in [1.165, 1.54) is 12.3 Å². The van der Waals surface area contributed by atoms with Crippen molar-refractivity contribution in [2.24, 2.45) is 5.92 Å². The van der Waals surface area contributed by atoms with Gasteiger partial charge in [-0.2, -0.15) is 5.10 Å². The molecular weight excluding hydrogens is 262 g/mol. The number of rotatable bonds is 4. The van der Waals surface area contributed by atoms with E-state index in [-0.39, 0.29) is 10.4 Å². The average Bonchev–Trinajstić information content (AvgIpc) is 2.81. The van der Waals surface area contributed by atoms with Crippen LogP contribution in [0.3, 0.4) is 0 Å². The number of aromatic nitrogens is 2. The largest absolute Gasteiger partial charge is 0.266 e. The number of nitrogens with one attached hydrogen (secondary N) is 2. The highest BCUT2D eigenvalue weighted by molar-refractivity contribution is 7.89. The molecule has 1 fully saturated rings. The number of alkyl halides is 1. The molecule has 1 aliphatic rings. The van der Waals surface area contributed by atoms with Crippen LogP contribution in [0.1, 0.15) is 25.7 Å². The number of nitrogens with zero attached hydrogens (tertiary/aromatic N) is 1. The van der Waals surface area contributed by atoms with Gasteiger partial charge in [-0.1, -0.05) is 6.42 Å². The number of aromatic amines is 1. The van der Waals surface area contributed by atoms with Gasteiger partial charge in [0.15, 0.2) is 5.03 Å². The van der Waals surface area contributed by atoms with Gasteiger partial charge in [0.05, 0.1) is 6.20 Å². The second-order valence-electron chi connectivity index (χ2n) is 4.40. The Labute approximate surface area is 106 Å². The maximum atomic E-state index is 11.8. The van der Waals surface area contributed by atoms with Crippen LogP contribution >= 0.6 is 11.6 Å². The lowest BCUT2D eigenvalue weighted by atomic mass is 9.89. The highest BCUT2D eigenvalue weighted by atomic mass is 35.5.